The zero-order valence-corrected chi connectivity index (χ0v) is 11.2. The number of carboxylic acids is 1. The maximum atomic E-state index is 11.4. The van der Waals surface area contributed by atoms with Gasteiger partial charge in [-0.05, 0) is 23.6 Å². The number of Topliss-reactive ketones (excluding diaryl/α,β-unsaturated/α-hetero) is 1. The Kier molecular flexibility index (Phi) is 3.60. The largest absolute Gasteiger partial charge is 0.493 e. The van der Waals surface area contributed by atoms with E-state index in [2.05, 4.69) is 13.8 Å². The van der Waals surface area contributed by atoms with Gasteiger partial charge in [-0.2, -0.15) is 0 Å². The molecule has 1 N–H and O–H groups in total. The molecule has 0 heterocycles. The van der Waals surface area contributed by atoms with Crippen LogP contribution in [0.2, 0.25) is 0 Å². The SMILES string of the molecule is CC(C)COc1ccc(C2(C(=O)O)CC(=O)C2)cc1. The van der Waals surface area contributed by atoms with Crippen LogP contribution in [-0.4, -0.2) is 23.5 Å². The summed E-state index contributed by atoms with van der Waals surface area (Å²) in [5.41, 5.74) is -0.343. The molecule has 0 aliphatic heterocycles. The lowest BCUT2D eigenvalue weighted by Crippen LogP contribution is -2.48. The van der Waals surface area contributed by atoms with Crippen molar-refractivity contribution in [2.24, 2.45) is 5.92 Å². The minimum atomic E-state index is -1.02. The summed E-state index contributed by atoms with van der Waals surface area (Å²) in [6.45, 7) is 4.75. The lowest BCUT2D eigenvalue weighted by Gasteiger charge is -2.36. The summed E-state index contributed by atoms with van der Waals surface area (Å²) in [7, 11) is 0. The second-order valence-electron chi connectivity index (χ2n) is 5.51. The Morgan fingerprint density at radius 1 is 1.32 bits per heavy atom. The van der Waals surface area contributed by atoms with E-state index in [1.54, 1.807) is 24.3 Å². The van der Waals surface area contributed by atoms with Crippen molar-refractivity contribution in [3.8, 4) is 5.75 Å². The number of ether oxygens (including phenoxy) is 1. The highest BCUT2D eigenvalue weighted by atomic mass is 16.5. The van der Waals surface area contributed by atoms with Crippen molar-refractivity contribution in [1.82, 2.24) is 0 Å². The van der Waals surface area contributed by atoms with Gasteiger partial charge in [-0.15, -0.1) is 0 Å². The van der Waals surface area contributed by atoms with E-state index in [1.807, 2.05) is 0 Å². The number of carbonyl (C=O) groups excluding carboxylic acids is 1. The third kappa shape index (κ3) is 2.62. The maximum Gasteiger partial charge on any atom is 0.315 e. The average molecular weight is 262 g/mol. The van der Waals surface area contributed by atoms with Crippen LogP contribution >= 0.6 is 0 Å². The lowest BCUT2D eigenvalue weighted by atomic mass is 9.63. The molecule has 0 radical (unpaired) electrons. The van der Waals surface area contributed by atoms with E-state index in [0.29, 0.717) is 18.1 Å². The zero-order chi connectivity index (χ0) is 14.0. The third-order valence-electron chi connectivity index (χ3n) is 3.40. The topological polar surface area (TPSA) is 63.6 Å². The van der Waals surface area contributed by atoms with Crippen LogP contribution in [0.25, 0.3) is 0 Å². The number of aliphatic carboxylic acids is 1. The molecule has 0 spiro atoms. The van der Waals surface area contributed by atoms with Gasteiger partial charge in [0.25, 0.3) is 0 Å². The number of ketones is 1. The molecule has 1 aliphatic carbocycles. The van der Waals surface area contributed by atoms with Crippen molar-refractivity contribution in [2.45, 2.75) is 32.1 Å². The molecule has 0 aromatic heterocycles. The summed E-state index contributed by atoms with van der Waals surface area (Å²) in [5, 5.41) is 9.32. The average Bonchev–Trinajstić information content (AvgIpc) is 2.32. The molecule has 2 rings (SSSR count). The molecule has 0 atom stereocenters. The van der Waals surface area contributed by atoms with E-state index in [4.69, 9.17) is 4.74 Å². The van der Waals surface area contributed by atoms with Crippen molar-refractivity contribution in [1.29, 1.82) is 0 Å². The van der Waals surface area contributed by atoms with Gasteiger partial charge in [-0.1, -0.05) is 26.0 Å². The third-order valence-corrected chi connectivity index (χ3v) is 3.40. The molecule has 0 amide bonds. The smallest absolute Gasteiger partial charge is 0.315 e. The highest BCUT2D eigenvalue weighted by Crippen LogP contribution is 2.42. The van der Waals surface area contributed by atoms with E-state index in [9.17, 15) is 14.7 Å². The van der Waals surface area contributed by atoms with Crippen LogP contribution < -0.4 is 4.74 Å². The van der Waals surface area contributed by atoms with E-state index in [1.165, 1.54) is 0 Å². The number of carboxylic acid groups (broad SMARTS) is 1. The molecule has 1 saturated carbocycles. The van der Waals surface area contributed by atoms with Crippen molar-refractivity contribution < 1.29 is 19.4 Å². The molecular formula is C15H18O4. The van der Waals surface area contributed by atoms with E-state index in [-0.39, 0.29) is 18.6 Å². The fourth-order valence-corrected chi connectivity index (χ4v) is 2.23. The van der Waals surface area contributed by atoms with Gasteiger partial charge in [-0.3, -0.25) is 9.59 Å². The number of rotatable bonds is 5. The molecule has 1 aromatic carbocycles. The van der Waals surface area contributed by atoms with Crippen LogP contribution in [0, 0.1) is 5.92 Å². The first-order valence-electron chi connectivity index (χ1n) is 6.42. The Morgan fingerprint density at radius 3 is 2.32 bits per heavy atom. The lowest BCUT2D eigenvalue weighted by molar-refractivity contribution is -0.153. The second-order valence-corrected chi connectivity index (χ2v) is 5.51. The molecule has 0 unspecified atom stereocenters. The Hall–Kier alpha value is -1.84. The van der Waals surface area contributed by atoms with Crippen LogP contribution in [0.5, 0.6) is 5.75 Å². The molecule has 1 fully saturated rings. The molecule has 19 heavy (non-hydrogen) atoms. The van der Waals surface area contributed by atoms with Crippen LogP contribution in [0.1, 0.15) is 32.3 Å². The van der Waals surface area contributed by atoms with Crippen molar-refractivity contribution in [2.75, 3.05) is 6.61 Å². The summed E-state index contributed by atoms with van der Waals surface area (Å²) < 4.78 is 5.55. The second kappa shape index (κ2) is 5.03. The minimum Gasteiger partial charge on any atom is -0.493 e. The summed E-state index contributed by atoms with van der Waals surface area (Å²) in [6.07, 6.45) is 0.184. The van der Waals surface area contributed by atoms with Gasteiger partial charge in [0.15, 0.2) is 0 Å². The Labute approximate surface area is 112 Å². The molecular weight excluding hydrogens is 244 g/mol. The fourth-order valence-electron chi connectivity index (χ4n) is 2.23. The molecule has 1 aromatic rings. The predicted octanol–water partition coefficient (Wildman–Crippen LogP) is 2.41. The Morgan fingerprint density at radius 2 is 1.89 bits per heavy atom. The van der Waals surface area contributed by atoms with Crippen LogP contribution in [0.15, 0.2) is 24.3 Å². The van der Waals surface area contributed by atoms with Crippen molar-refractivity contribution >= 4 is 11.8 Å². The first kappa shape index (κ1) is 13.6. The van der Waals surface area contributed by atoms with Crippen molar-refractivity contribution in [3.05, 3.63) is 29.8 Å². The molecule has 1 aliphatic rings. The van der Waals surface area contributed by atoms with Gasteiger partial charge in [0.05, 0.1) is 6.61 Å². The van der Waals surface area contributed by atoms with Gasteiger partial charge in [0.1, 0.15) is 16.9 Å². The van der Waals surface area contributed by atoms with Gasteiger partial charge in [0.2, 0.25) is 0 Å². The molecule has 4 nitrogen and oxygen atoms in total. The molecule has 4 heteroatoms. The predicted molar refractivity (Wildman–Crippen MR) is 70.3 cm³/mol. The first-order valence-corrected chi connectivity index (χ1v) is 6.42. The molecule has 0 saturated heterocycles. The maximum absolute atomic E-state index is 11.4. The summed E-state index contributed by atoms with van der Waals surface area (Å²) in [4.78, 5) is 22.5. The quantitative estimate of drug-likeness (QED) is 0.885. The summed E-state index contributed by atoms with van der Waals surface area (Å²) in [6, 6.07) is 7.03. The highest BCUT2D eigenvalue weighted by molar-refractivity contribution is 6.01. The fraction of sp³-hybridized carbons (Fsp3) is 0.467. The van der Waals surface area contributed by atoms with Gasteiger partial charge in [-0.25, -0.2) is 0 Å². The van der Waals surface area contributed by atoms with Crippen LogP contribution in [-0.2, 0) is 15.0 Å². The zero-order valence-electron chi connectivity index (χ0n) is 11.2. The van der Waals surface area contributed by atoms with E-state index < -0.39 is 11.4 Å². The molecule has 0 bridgehead atoms. The van der Waals surface area contributed by atoms with Gasteiger partial charge in [0, 0.05) is 12.8 Å². The molecule has 102 valence electrons. The number of hydrogen-bond donors (Lipinski definition) is 1. The number of benzene rings is 1. The van der Waals surface area contributed by atoms with Crippen LogP contribution in [0.4, 0.5) is 0 Å². The van der Waals surface area contributed by atoms with E-state index in [0.717, 1.165) is 5.75 Å². The Bertz CT molecular complexity index is 479. The minimum absolute atomic E-state index is 0.00235. The normalized spacial score (nSPS) is 17.1. The monoisotopic (exact) mass is 262 g/mol. The standard InChI is InChI=1S/C15H18O4/c1-10(2)9-19-13-5-3-11(4-6-13)15(14(17)18)7-12(16)8-15/h3-6,10H,7-9H2,1-2H3,(H,17,18). The van der Waals surface area contributed by atoms with Gasteiger partial charge >= 0.3 is 5.97 Å². The van der Waals surface area contributed by atoms with Crippen LogP contribution in [0.3, 0.4) is 0 Å². The number of carbonyl (C=O) groups is 2. The summed E-state index contributed by atoms with van der Waals surface area (Å²) >= 11 is 0. The first-order chi connectivity index (χ1) is 8.94. The number of hydrogen-bond acceptors (Lipinski definition) is 3. The van der Waals surface area contributed by atoms with Crippen molar-refractivity contribution in [3.63, 3.8) is 0 Å². The Balaban J connectivity index is 2.13. The van der Waals surface area contributed by atoms with Gasteiger partial charge < -0.3 is 9.84 Å². The summed E-state index contributed by atoms with van der Waals surface area (Å²) in [5.74, 6) is 0.239. The van der Waals surface area contributed by atoms with E-state index >= 15 is 0 Å². The highest BCUT2D eigenvalue weighted by Gasteiger charge is 2.51.